The van der Waals surface area contributed by atoms with E-state index in [1.165, 1.54) is 0 Å². The first-order chi connectivity index (χ1) is 28.4. The van der Waals surface area contributed by atoms with Gasteiger partial charge in [0.05, 0.1) is 34.1 Å². The van der Waals surface area contributed by atoms with E-state index in [0.717, 1.165) is 85.0 Å². The van der Waals surface area contributed by atoms with E-state index in [4.69, 9.17) is 21.3 Å². The van der Waals surface area contributed by atoms with E-state index in [-0.39, 0.29) is 18.3 Å². The zero-order valence-electron chi connectivity index (χ0n) is 33.5. The molecule has 59 heavy (non-hydrogen) atoms. The second-order valence-electron chi connectivity index (χ2n) is 16.4. The number of nitrogens with one attached hydrogen (secondary N) is 1. The highest BCUT2D eigenvalue weighted by molar-refractivity contribution is 6.30. The predicted molar refractivity (Wildman–Crippen MR) is 222 cm³/mol. The molecule has 0 spiro atoms. The van der Waals surface area contributed by atoms with Gasteiger partial charge >= 0.3 is 0 Å². The van der Waals surface area contributed by atoms with Gasteiger partial charge in [0.1, 0.15) is 18.4 Å². The molecule has 1 atom stereocenters. The maximum Gasteiger partial charge on any atom is 0.264 e. The van der Waals surface area contributed by atoms with Crippen LogP contribution in [0.1, 0.15) is 95.5 Å². The van der Waals surface area contributed by atoms with Crippen molar-refractivity contribution in [3.63, 3.8) is 0 Å². The minimum atomic E-state index is -0.986. The summed E-state index contributed by atoms with van der Waals surface area (Å²) in [5, 5.41) is 12.2. The topological polar surface area (TPSA) is 152 Å². The summed E-state index contributed by atoms with van der Waals surface area (Å²) < 4.78 is 6.14. The molecule has 0 saturated carbocycles. The van der Waals surface area contributed by atoms with Gasteiger partial charge in [-0.05, 0) is 98.8 Å². The van der Waals surface area contributed by atoms with Crippen LogP contribution in [0, 0.1) is 11.3 Å². The molecule has 304 valence electrons. The third-order valence-corrected chi connectivity index (χ3v) is 12.8. The minimum absolute atomic E-state index is 0.0879. The number of hydrogen-bond donors (Lipinski definition) is 1. The molecule has 3 aromatic carbocycles. The van der Waals surface area contributed by atoms with Crippen LogP contribution in [0.25, 0.3) is 0 Å². The van der Waals surface area contributed by atoms with Crippen molar-refractivity contribution in [2.45, 2.75) is 82.5 Å². The van der Waals surface area contributed by atoms with Gasteiger partial charge in [-0.1, -0.05) is 43.6 Å². The molecule has 14 heteroatoms. The quantitative estimate of drug-likeness (QED) is 0.191. The number of nitrogens with zero attached hydrogens (tertiary/aromatic N) is 7. The smallest absolute Gasteiger partial charge is 0.264 e. The monoisotopic (exact) mass is 814 g/mol. The average Bonchev–Trinajstić information content (AvgIpc) is 3.51. The number of rotatable bonds is 10. The van der Waals surface area contributed by atoms with Crippen LogP contribution in [-0.4, -0.2) is 94.7 Å². The first-order valence-electron chi connectivity index (χ1n) is 20.2. The van der Waals surface area contributed by atoms with Crippen LogP contribution < -0.4 is 19.9 Å². The summed E-state index contributed by atoms with van der Waals surface area (Å²) in [6.07, 6.45) is 5.80. The largest absolute Gasteiger partial charge is 0.487 e. The lowest BCUT2D eigenvalue weighted by molar-refractivity contribution is -0.136. The Labute approximate surface area is 348 Å². The molecule has 4 aliphatic rings. The number of carbonyl (C=O) groups excluding carboxylic acids is 4. The number of piperidine rings is 3. The lowest BCUT2D eigenvalue weighted by Gasteiger charge is -2.44. The van der Waals surface area contributed by atoms with E-state index in [2.05, 4.69) is 52.0 Å². The van der Waals surface area contributed by atoms with Crippen LogP contribution in [0.2, 0.25) is 5.02 Å². The number of nitriles is 1. The lowest BCUT2D eigenvalue weighted by Crippen LogP contribution is -2.54. The maximum absolute atomic E-state index is 13.7. The number of benzene rings is 3. The predicted octanol–water partition coefficient (Wildman–Crippen LogP) is 5.88. The van der Waals surface area contributed by atoms with Crippen molar-refractivity contribution in [2.75, 3.05) is 43.0 Å². The fourth-order valence-corrected chi connectivity index (χ4v) is 9.21. The van der Waals surface area contributed by atoms with Crippen molar-refractivity contribution in [3.05, 3.63) is 111 Å². The van der Waals surface area contributed by atoms with E-state index in [1.807, 2.05) is 48.5 Å². The van der Waals surface area contributed by atoms with Crippen molar-refractivity contribution in [2.24, 2.45) is 0 Å². The molecule has 0 radical (unpaired) electrons. The van der Waals surface area contributed by atoms with E-state index in [1.54, 1.807) is 24.4 Å². The van der Waals surface area contributed by atoms with Gasteiger partial charge < -0.3 is 19.4 Å². The molecule has 5 heterocycles. The lowest BCUT2D eigenvalue weighted by atomic mass is 9.78. The van der Waals surface area contributed by atoms with E-state index in [0.29, 0.717) is 46.4 Å². The molecule has 3 saturated heterocycles. The molecule has 4 aliphatic heterocycles. The van der Waals surface area contributed by atoms with Crippen LogP contribution in [0.4, 0.5) is 11.6 Å². The second-order valence-corrected chi connectivity index (χ2v) is 16.8. The molecule has 0 aliphatic carbocycles. The van der Waals surface area contributed by atoms with Gasteiger partial charge in [-0.25, -0.2) is 9.97 Å². The fraction of sp³-hybridized carbons (Fsp3) is 0.400. The summed E-state index contributed by atoms with van der Waals surface area (Å²) in [6.45, 7) is 7.69. The molecule has 1 unspecified atom stereocenters. The number of ether oxygens (including phenoxy) is 1. The normalized spacial score (nSPS) is 19.3. The van der Waals surface area contributed by atoms with Crippen LogP contribution >= 0.6 is 11.6 Å². The Hall–Kier alpha value is -5.84. The van der Waals surface area contributed by atoms with Crippen LogP contribution in [-0.2, 0) is 21.6 Å². The van der Waals surface area contributed by atoms with E-state index in [9.17, 15) is 24.4 Å². The average molecular weight is 815 g/mol. The molecule has 0 bridgehead atoms. The molecular weight excluding hydrogens is 768 g/mol. The number of hydrogen-bond acceptors (Lipinski definition) is 11. The highest BCUT2D eigenvalue weighted by atomic mass is 35.5. The SMILES string of the molecule is CN(C1CCN(c2nccc(COc3ccc(C(C)(C)c4cc(Cl)cc(C#N)c4)cc3)n2)CC1)C1CCN(c2cccc3c2C(=O)N(C2CCC(=O)NC2=O)C3=O)CC1. The second kappa shape index (κ2) is 16.4. The Morgan fingerprint density at radius 2 is 1.58 bits per heavy atom. The summed E-state index contributed by atoms with van der Waals surface area (Å²) in [5.41, 5.74) is 4.39. The van der Waals surface area contributed by atoms with Gasteiger partial charge in [-0.2, -0.15) is 5.26 Å². The number of amides is 4. The minimum Gasteiger partial charge on any atom is -0.487 e. The number of aromatic nitrogens is 2. The molecule has 3 fully saturated rings. The van der Waals surface area contributed by atoms with E-state index < -0.39 is 29.7 Å². The molecule has 13 nitrogen and oxygen atoms in total. The summed E-state index contributed by atoms with van der Waals surface area (Å²) in [7, 11) is 2.21. The summed E-state index contributed by atoms with van der Waals surface area (Å²) >= 11 is 6.30. The van der Waals surface area contributed by atoms with Gasteiger partial charge in [-0.3, -0.25) is 29.4 Å². The number of carbonyl (C=O) groups is 4. The third-order valence-electron chi connectivity index (χ3n) is 12.6. The van der Waals surface area contributed by atoms with Crippen molar-refractivity contribution in [1.82, 2.24) is 25.1 Å². The number of anilines is 2. The van der Waals surface area contributed by atoms with Crippen LogP contribution in [0.3, 0.4) is 0 Å². The van der Waals surface area contributed by atoms with Gasteiger partial charge in [0, 0.05) is 61.3 Å². The summed E-state index contributed by atoms with van der Waals surface area (Å²) in [6, 6.07) is 22.6. The highest BCUT2D eigenvalue weighted by Gasteiger charge is 2.46. The number of fused-ring (bicyclic) bond motifs is 1. The van der Waals surface area contributed by atoms with Crippen molar-refractivity contribution in [1.29, 1.82) is 5.26 Å². The van der Waals surface area contributed by atoms with Crippen molar-refractivity contribution in [3.8, 4) is 11.8 Å². The Kier molecular flexibility index (Phi) is 11.1. The van der Waals surface area contributed by atoms with Gasteiger partial charge in [0.15, 0.2) is 0 Å². The first-order valence-corrected chi connectivity index (χ1v) is 20.6. The van der Waals surface area contributed by atoms with E-state index >= 15 is 0 Å². The molecular formula is C45H47ClN8O5. The van der Waals surface area contributed by atoms with Crippen LogP contribution in [0.5, 0.6) is 5.75 Å². The highest BCUT2D eigenvalue weighted by Crippen LogP contribution is 2.37. The Bertz CT molecular complexity index is 2330. The Morgan fingerprint density at radius 3 is 2.25 bits per heavy atom. The number of halogens is 1. The fourth-order valence-electron chi connectivity index (χ4n) is 8.97. The Morgan fingerprint density at radius 1 is 0.881 bits per heavy atom. The molecule has 4 amide bonds. The van der Waals surface area contributed by atoms with Gasteiger partial charge in [0.25, 0.3) is 11.8 Å². The zero-order valence-corrected chi connectivity index (χ0v) is 34.2. The van der Waals surface area contributed by atoms with Crippen molar-refractivity contribution >= 4 is 46.9 Å². The summed E-state index contributed by atoms with van der Waals surface area (Å²) in [5.74, 6) is -0.515. The summed E-state index contributed by atoms with van der Waals surface area (Å²) in [4.78, 5) is 68.8. The molecule has 1 N–H and O–H groups in total. The Balaban J connectivity index is 0.826. The standard InChI is InChI=1S/C45H47ClN8O5/c1-45(2,30-23-28(26-47)24-31(46)25-30)29-7-9-35(10-8-29)59-27-32-13-18-48-44(49-32)53-21-16-34(17-22-53)51(3)33-14-19-52(20-15-33)37-6-4-5-36-40(37)43(58)54(42(36)57)38-11-12-39(55)50-41(38)56/h4-10,13,18,23-25,33-34,38H,11-12,14-17,19-22,27H2,1-3H3,(H,50,55,56). The third kappa shape index (κ3) is 7.99. The van der Waals surface area contributed by atoms with Gasteiger partial charge in [-0.15, -0.1) is 0 Å². The van der Waals surface area contributed by atoms with Crippen molar-refractivity contribution < 1.29 is 23.9 Å². The molecule has 4 aromatic rings. The zero-order chi connectivity index (χ0) is 41.4. The first kappa shape index (κ1) is 40.0. The van der Waals surface area contributed by atoms with Gasteiger partial charge in [0.2, 0.25) is 17.8 Å². The number of imide groups is 2. The van der Waals surface area contributed by atoms with Crippen LogP contribution in [0.15, 0.2) is 72.9 Å². The maximum atomic E-state index is 13.7. The molecule has 1 aromatic heterocycles. The molecule has 8 rings (SSSR count).